The van der Waals surface area contributed by atoms with Gasteiger partial charge < -0.3 is 9.84 Å². The van der Waals surface area contributed by atoms with E-state index in [1.54, 1.807) is 18.2 Å². The van der Waals surface area contributed by atoms with Gasteiger partial charge in [-0.1, -0.05) is 48.6 Å². The van der Waals surface area contributed by atoms with Crippen LogP contribution in [0.25, 0.3) is 16.2 Å². The van der Waals surface area contributed by atoms with Gasteiger partial charge in [0.2, 0.25) is 5.78 Å². The number of hydrogen-bond donors (Lipinski definition) is 1. The van der Waals surface area contributed by atoms with E-state index < -0.39 is 0 Å². The molecule has 1 heterocycles. The van der Waals surface area contributed by atoms with Gasteiger partial charge in [-0.15, -0.1) is 11.3 Å². The van der Waals surface area contributed by atoms with E-state index in [0.29, 0.717) is 21.9 Å². The highest BCUT2D eigenvalue weighted by Gasteiger charge is 2.23. The molecular weight excluding hydrogens is 424 g/mol. The van der Waals surface area contributed by atoms with Crippen molar-refractivity contribution in [3.63, 3.8) is 0 Å². The summed E-state index contributed by atoms with van der Waals surface area (Å²) in [7, 11) is 0. The third kappa shape index (κ3) is 5.01. The molecule has 0 aliphatic carbocycles. The summed E-state index contributed by atoms with van der Waals surface area (Å²) in [4.78, 5) is 30.1. The summed E-state index contributed by atoms with van der Waals surface area (Å²) in [5.41, 5.74) is 2.65. The quantitative estimate of drug-likeness (QED) is 0.361. The highest BCUT2D eigenvalue weighted by Crippen LogP contribution is 2.42. The predicted octanol–water partition coefficient (Wildman–Crippen LogP) is 6.39. The summed E-state index contributed by atoms with van der Waals surface area (Å²) in [5.74, 6) is 1.27. The monoisotopic (exact) mass is 444 g/mol. The zero-order valence-electron chi connectivity index (χ0n) is 17.5. The maximum atomic E-state index is 13.3. The van der Waals surface area contributed by atoms with Crippen LogP contribution in [0.2, 0.25) is 0 Å². The number of carbonyl (C=O) groups excluding carboxylic acids is 3. The van der Waals surface area contributed by atoms with Crippen molar-refractivity contribution in [2.45, 2.75) is 13.8 Å². The van der Waals surface area contributed by atoms with Gasteiger partial charge >= 0.3 is 6.15 Å². The molecule has 1 N–H and O–H groups in total. The lowest BCUT2D eigenvalue weighted by Crippen LogP contribution is -2.03. The van der Waals surface area contributed by atoms with E-state index in [1.165, 1.54) is 11.3 Å². The molecule has 0 saturated carbocycles. The van der Waals surface area contributed by atoms with Crippen molar-refractivity contribution < 1.29 is 24.2 Å². The molecule has 0 unspecified atom stereocenters. The van der Waals surface area contributed by atoms with Gasteiger partial charge in [0.1, 0.15) is 16.4 Å². The van der Waals surface area contributed by atoms with Gasteiger partial charge in [-0.05, 0) is 55.3 Å². The molecule has 32 heavy (non-hydrogen) atoms. The third-order valence-corrected chi connectivity index (χ3v) is 5.82. The van der Waals surface area contributed by atoms with Crippen molar-refractivity contribution in [3.05, 3.63) is 94.4 Å². The molecule has 0 aliphatic rings. The first-order valence-electron chi connectivity index (χ1n) is 9.74. The molecule has 5 nitrogen and oxygen atoms in total. The molecule has 0 fully saturated rings. The summed E-state index contributed by atoms with van der Waals surface area (Å²) in [6.45, 7) is 3.90. The zero-order chi connectivity index (χ0) is 23.1. The number of fused-ring (bicyclic) bond motifs is 1. The fraction of sp³-hybridized carbons (Fsp3) is 0.0769. The highest BCUT2D eigenvalue weighted by molar-refractivity contribution is 7.21. The molecule has 0 radical (unpaired) electrons. The summed E-state index contributed by atoms with van der Waals surface area (Å²) >= 11 is 1.33. The maximum absolute atomic E-state index is 13.3. The lowest BCUT2D eigenvalue weighted by atomic mass is 10.0. The number of phenolic OH excluding ortho intramolecular Hbond substituents is 1. The van der Waals surface area contributed by atoms with Gasteiger partial charge in [-0.3, -0.25) is 4.79 Å². The first kappa shape index (κ1) is 22.7. The molecule has 4 rings (SSSR count). The summed E-state index contributed by atoms with van der Waals surface area (Å²) in [6.07, 6.45) is 4.24. The van der Waals surface area contributed by atoms with Gasteiger partial charge in [0.15, 0.2) is 5.75 Å². The minimum atomic E-state index is -0.0793. The highest BCUT2D eigenvalue weighted by atomic mass is 32.1. The second-order valence-corrected chi connectivity index (χ2v) is 7.89. The van der Waals surface area contributed by atoms with Crippen LogP contribution in [-0.4, -0.2) is 17.0 Å². The van der Waals surface area contributed by atoms with E-state index in [2.05, 4.69) is 0 Å². The first-order chi connectivity index (χ1) is 15.5. The van der Waals surface area contributed by atoms with Gasteiger partial charge in [0.05, 0.1) is 0 Å². The topological polar surface area (TPSA) is 80.7 Å². The van der Waals surface area contributed by atoms with Crippen LogP contribution in [0.1, 0.15) is 33.3 Å². The van der Waals surface area contributed by atoms with E-state index >= 15 is 0 Å². The smallest absolute Gasteiger partial charge is 0.373 e. The first-order valence-corrected chi connectivity index (χ1v) is 10.6. The van der Waals surface area contributed by atoms with E-state index in [9.17, 15) is 9.90 Å². The average Bonchev–Trinajstić information content (AvgIpc) is 3.13. The number of ether oxygens (including phenoxy) is 1. The molecule has 0 saturated heterocycles. The van der Waals surface area contributed by atoms with E-state index in [0.717, 1.165) is 21.2 Å². The Labute approximate surface area is 189 Å². The lowest BCUT2D eigenvalue weighted by molar-refractivity contribution is -0.191. The van der Waals surface area contributed by atoms with Gasteiger partial charge in [-0.25, -0.2) is 0 Å². The Morgan fingerprint density at radius 3 is 2.38 bits per heavy atom. The van der Waals surface area contributed by atoms with Crippen LogP contribution in [0.3, 0.4) is 0 Å². The Balaban J connectivity index is 0.000000913. The molecule has 3 aromatic carbocycles. The number of thiophene rings is 1. The van der Waals surface area contributed by atoms with E-state index in [4.69, 9.17) is 14.3 Å². The standard InChI is InChI=1S/C25H20O3S.CO2/c1-3-6-17-9-12-19(13-10-17)28-24-21-14-11-18(26)15-22(21)29-25(24)23(27)20-8-5-4-7-16(20)2;2-1-3/h3-15,26H,1-2H3;/b6-3+;. The number of allylic oxidation sites excluding steroid dienone is 1. The van der Waals surface area contributed by atoms with Crippen LogP contribution >= 0.6 is 11.3 Å². The molecule has 1 aromatic heterocycles. The second-order valence-electron chi connectivity index (χ2n) is 6.84. The van der Waals surface area contributed by atoms with Crippen LogP contribution in [0.5, 0.6) is 17.2 Å². The van der Waals surface area contributed by atoms with Crippen molar-refractivity contribution in [3.8, 4) is 17.2 Å². The molecule has 0 spiro atoms. The van der Waals surface area contributed by atoms with E-state index in [1.807, 2.05) is 74.5 Å². The Morgan fingerprint density at radius 2 is 1.72 bits per heavy atom. The molecule has 0 atom stereocenters. The molecule has 160 valence electrons. The van der Waals surface area contributed by atoms with Crippen LogP contribution in [0.4, 0.5) is 0 Å². The molecular formula is C26H20O5S. The van der Waals surface area contributed by atoms with Crippen LogP contribution in [-0.2, 0) is 9.59 Å². The third-order valence-electron chi connectivity index (χ3n) is 4.68. The summed E-state index contributed by atoms with van der Waals surface area (Å²) in [6, 6.07) is 20.3. The van der Waals surface area contributed by atoms with Crippen molar-refractivity contribution in [1.29, 1.82) is 0 Å². The summed E-state index contributed by atoms with van der Waals surface area (Å²) in [5, 5.41) is 10.7. The van der Waals surface area contributed by atoms with Crippen LogP contribution in [0.15, 0.2) is 72.8 Å². The van der Waals surface area contributed by atoms with Gasteiger partial charge in [0.25, 0.3) is 0 Å². The van der Waals surface area contributed by atoms with Crippen LogP contribution < -0.4 is 4.74 Å². The number of phenols is 1. The Bertz CT molecular complexity index is 1310. The number of aromatic hydroxyl groups is 1. The SMILES string of the molecule is C/C=C/c1ccc(Oc2c(C(=O)c3ccccc3C)sc3cc(O)ccc23)cc1.O=C=O. The lowest BCUT2D eigenvalue weighted by Gasteiger charge is -2.09. The normalized spacial score (nSPS) is 10.4. The van der Waals surface area contributed by atoms with Crippen molar-refractivity contribution in [1.82, 2.24) is 0 Å². The predicted molar refractivity (Wildman–Crippen MR) is 124 cm³/mol. The van der Waals surface area contributed by atoms with Crippen molar-refractivity contribution in [2.24, 2.45) is 0 Å². The number of hydrogen-bond acceptors (Lipinski definition) is 6. The minimum Gasteiger partial charge on any atom is -0.508 e. The number of carbonyl (C=O) groups is 1. The average molecular weight is 445 g/mol. The maximum Gasteiger partial charge on any atom is 0.373 e. The van der Waals surface area contributed by atoms with Crippen molar-refractivity contribution >= 4 is 39.4 Å². The number of aryl methyl sites for hydroxylation is 1. The number of rotatable bonds is 5. The van der Waals surface area contributed by atoms with Gasteiger partial charge in [0, 0.05) is 15.6 Å². The van der Waals surface area contributed by atoms with E-state index in [-0.39, 0.29) is 17.7 Å². The molecule has 4 aromatic rings. The fourth-order valence-corrected chi connectivity index (χ4v) is 4.34. The molecule has 0 bridgehead atoms. The molecule has 0 aliphatic heterocycles. The second kappa shape index (κ2) is 10.4. The van der Waals surface area contributed by atoms with Gasteiger partial charge in [-0.2, -0.15) is 9.59 Å². The van der Waals surface area contributed by atoms with Crippen molar-refractivity contribution in [2.75, 3.05) is 0 Å². The number of benzene rings is 3. The Hall–Kier alpha value is -3.99. The molecule has 0 amide bonds. The zero-order valence-corrected chi connectivity index (χ0v) is 18.3. The minimum absolute atomic E-state index is 0.0793. The fourth-order valence-electron chi connectivity index (χ4n) is 3.22. The van der Waals surface area contributed by atoms with Crippen LogP contribution in [0, 0.1) is 6.92 Å². The summed E-state index contributed by atoms with van der Waals surface area (Å²) < 4.78 is 7.01. The molecule has 6 heteroatoms. The Kier molecular flexibility index (Phi) is 7.34. The Morgan fingerprint density at radius 1 is 1.03 bits per heavy atom. The number of ketones is 1. The largest absolute Gasteiger partial charge is 0.508 e.